The zero-order chi connectivity index (χ0) is 24.5. The van der Waals surface area contributed by atoms with Gasteiger partial charge in [0, 0.05) is 11.1 Å². The zero-order valence-corrected chi connectivity index (χ0v) is 19.8. The minimum absolute atomic E-state index is 0.161. The lowest BCUT2D eigenvalue weighted by Crippen LogP contribution is -2.23. The van der Waals surface area contributed by atoms with Crippen molar-refractivity contribution in [3.05, 3.63) is 93.5 Å². The van der Waals surface area contributed by atoms with Gasteiger partial charge in [-0.05, 0) is 43.2 Å². The van der Waals surface area contributed by atoms with Crippen LogP contribution in [-0.4, -0.2) is 35.4 Å². The molecule has 176 valence electrons. The van der Waals surface area contributed by atoms with E-state index < -0.39 is 0 Å². The van der Waals surface area contributed by atoms with Gasteiger partial charge in [-0.3, -0.25) is 14.6 Å². The highest BCUT2D eigenvalue weighted by Crippen LogP contribution is 2.23. The predicted octanol–water partition coefficient (Wildman–Crippen LogP) is 4.39. The average molecular weight is 488 g/mol. The number of H-pyrrole nitrogens is 1. The van der Waals surface area contributed by atoms with Crippen molar-refractivity contribution in [1.29, 1.82) is 0 Å². The summed E-state index contributed by atoms with van der Waals surface area (Å²) < 4.78 is 2.98. The van der Waals surface area contributed by atoms with E-state index in [1.165, 1.54) is 10.9 Å². The average Bonchev–Trinajstić information content (AvgIpc) is 3.44. The molecule has 1 unspecified atom stereocenters. The van der Waals surface area contributed by atoms with E-state index in [0.717, 1.165) is 5.56 Å². The van der Waals surface area contributed by atoms with Crippen LogP contribution in [0.3, 0.4) is 0 Å². The third-order valence-electron chi connectivity index (χ3n) is 5.71. The second-order valence-corrected chi connectivity index (χ2v) is 8.54. The molecule has 10 heteroatoms. The topological polar surface area (TPSA) is 110 Å². The van der Waals surface area contributed by atoms with Gasteiger partial charge < -0.3 is 5.32 Å². The number of fused-ring (bicyclic) bond motifs is 1. The summed E-state index contributed by atoms with van der Waals surface area (Å²) in [6.45, 7) is 3.76. The monoisotopic (exact) mass is 487 g/mol. The lowest BCUT2D eigenvalue weighted by Gasteiger charge is -2.16. The summed E-state index contributed by atoms with van der Waals surface area (Å²) >= 11 is 6.01. The molecule has 2 aromatic carbocycles. The number of rotatable bonds is 6. The summed E-state index contributed by atoms with van der Waals surface area (Å²) in [6.07, 6.45) is 2.09. The van der Waals surface area contributed by atoms with Gasteiger partial charge in [0.25, 0.3) is 5.56 Å². The van der Waals surface area contributed by atoms with Crippen LogP contribution in [0, 0.1) is 6.92 Å². The lowest BCUT2D eigenvalue weighted by molar-refractivity contribution is -0.117. The van der Waals surface area contributed by atoms with Gasteiger partial charge in [0.2, 0.25) is 11.9 Å². The lowest BCUT2D eigenvalue weighted by atomic mass is 9.96. The van der Waals surface area contributed by atoms with Crippen LogP contribution >= 0.6 is 11.6 Å². The highest BCUT2D eigenvalue weighted by molar-refractivity contribution is 6.30. The van der Waals surface area contributed by atoms with Crippen LogP contribution in [0.4, 0.5) is 5.82 Å². The predicted molar refractivity (Wildman–Crippen MR) is 134 cm³/mol. The fourth-order valence-corrected chi connectivity index (χ4v) is 4.13. The van der Waals surface area contributed by atoms with Crippen molar-refractivity contribution in [3.8, 4) is 11.6 Å². The Balaban J connectivity index is 1.55. The third-order valence-corrected chi connectivity index (χ3v) is 5.96. The molecule has 0 spiro atoms. The van der Waals surface area contributed by atoms with Crippen molar-refractivity contribution in [3.63, 3.8) is 0 Å². The Morgan fingerprint density at radius 3 is 2.57 bits per heavy atom. The number of aromatic nitrogens is 6. The van der Waals surface area contributed by atoms with E-state index in [-0.39, 0.29) is 23.3 Å². The Hall–Kier alpha value is -4.24. The van der Waals surface area contributed by atoms with Gasteiger partial charge in [0.1, 0.15) is 11.2 Å². The molecule has 1 atom stereocenters. The molecular formula is C25H22ClN7O2. The molecule has 1 amide bonds. The van der Waals surface area contributed by atoms with Crippen molar-refractivity contribution in [2.45, 2.75) is 26.2 Å². The Labute approximate surface area is 205 Å². The third kappa shape index (κ3) is 4.33. The van der Waals surface area contributed by atoms with Gasteiger partial charge in [-0.25, -0.2) is 4.68 Å². The van der Waals surface area contributed by atoms with Crippen LogP contribution in [-0.2, 0) is 4.79 Å². The van der Waals surface area contributed by atoms with E-state index in [2.05, 4.69) is 25.5 Å². The molecule has 0 aliphatic rings. The first-order valence-electron chi connectivity index (χ1n) is 11.1. The van der Waals surface area contributed by atoms with Crippen LogP contribution in [0.5, 0.6) is 0 Å². The quantitative estimate of drug-likeness (QED) is 0.369. The van der Waals surface area contributed by atoms with E-state index in [1.807, 2.05) is 37.3 Å². The molecule has 9 nitrogen and oxygen atoms in total. The molecule has 5 rings (SSSR count). The van der Waals surface area contributed by atoms with Crippen molar-refractivity contribution in [2.24, 2.45) is 0 Å². The Morgan fingerprint density at radius 2 is 1.86 bits per heavy atom. The fourth-order valence-electron chi connectivity index (χ4n) is 4.00. The number of benzene rings is 2. The second kappa shape index (κ2) is 9.19. The number of carbonyl (C=O) groups excluding carboxylic acids is 1. The molecule has 0 saturated heterocycles. The standard InChI is InChI=1S/C25H22ClN7O2/c1-3-19(16-7-5-4-6-8-16)23(34)28-21-13-15(2)31-33(21)25-29-22-20(24(35)30-25)14-27-32(22)18-11-9-17(26)10-12-18/h4-14,19H,3H2,1-2H3,(H,28,34)(H,29,30,35). The molecule has 3 aromatic heterocycles. The molecule has 0 bridgehead atoms. The summed E-state index contributed by atoms with van der Waals surface area (Å²) in [5.41, 5.74) is 2.27. The van der Waals surface area contributed by atoms with Gasteiger partial charge in [-0.15, -0.1) is 0 Å². The Morgan fingerprint density at radius 1 is 1.11 bits per heavy atom. The molecule has 35 heavy (non-hydrogen) atoms. The molecule has 0 fully saturated rings. The maximum Gasteiger partial charge on any atom is 0.263 e. The Kier molecular flexibility index (Phi) is 5.92. The molecule has 3 heterocycles. The maximum atomic E-state index is 13.2. The number of amides is 1. The smallest absolute Gasteiger partial charge is 0.263 e. The molecule has 0 saturated carbocycles. The van der Waals surface area contributed by atoms with Crippen LogP contribution in [0.25, 0.3) is 22.7 Å². The van der Waals surface area contributed by atoms with Crippen molar-refractivity contribution in [2.75, 3.05) is 5.32 Å². The van der Waals surface area contributed by atoms with Crippen LogP contribution in [0.1, 0.15) is 30.5 Å². The van der Waals surface area contributed by atoms with Crippen LogP contribution in [0.2, 0.25) is 5.02 Å². The van der Waals surface area contributed by atoms with Crippen LogP contribution in [0.15, 0.2) is 71.7 Å². The minimum Gasteiger partial charge on any atom is -0.310 e. The minimum atomic E-state index is -0.369. The number of halogens is 1. The van der Waals surface area contributed by atoms with Crippen LogP contribution < -0.4 is 10.9 Å². The SMILES string of the molecule is CCC(C(=O)Nc1cc(C)nn1-c1nc2c(cnn2-c2ccc(Cl)cc2)c(=O)[nH]1)c1ccccc1. The van der Waals surface area contributed by atoms with E-state index in [1.54, 1.807) is 41.9 Å². The van der Waals surface area contributed by atoms with E-state index in [9.17, 15) is 9.59 Å². The van der Waals surface area contributed by atoms with E-state index >= 15 is 0 Å². The molecule has 0 radical (unpaired) electrons. The number of hydrogen-bond donors (Lipinski definition) is 2. The highest BCUT2D eigenvalue weighted by atomic mass is 35.5. The number of aryl methyl sites for hydroxylation is 1. The molecule has 0 aliphatic carbocycles. The maximum absolute atomic E-state index is 13.2. The normalized spacial score (nSPS) is 12.1. The van der Waals surface area contributed by atoms with Gasteiger partial charge in [-0.2, -0.15) is 19.9 Å². The van der Waals surface area contributed by atoms with Crippen molar-refractivity contribution < 1.29 is 4.79 Å². The Bertz CT molecular complexity index is 1570. The van der Waals surface area contributed by atoms with E-state index in [4.69, 9.17) is 11.6 Å². The fraction of sp³-hybridized carbons (Fsp3) is 0.160. The first-order valence-corrected chi connectivity index (χ1v) is 11.5. The first kappa shape index (κ1) is 22.5. The summed E-state index contributed by atoms with van der Waals surface area (Å²) in [4.78, 5) is 33.4. The number of nitrogens with zero attached hydrogens (tertiary/aromatic N) is 5. The molecule has 5 aromatic rings. The summed E-state index contributed by atoms with van der Waals surface area (Å²) in [5.74, 6) is 0.0616. The zero-order valence-electron chi connectivity index (χ0n) is 19.1. The summed E-state index contributed by atoms with van der Waals surface area (Å²) in [5, 5.41) is 12.7. The van der Waals surface area contributed by atoms with Gasteiger partial charge in [-0.1, -0.05) is 48.9 Å². The summed E-state index contributed by atoms with van der Waals surface area (Å²) in [7, 11) is 0. The van der Waals surface area contributed by atoms with Crippen molar-refractivity contribution in [1.82, 2.24) is 29.5 Å². The van der Waals surface area contributed by atoms with Gasteiger partial charge in [0.05, 0.1) is 23.5 Å². The molecule has 0 aliphatic heterocycles. The summed E-state index contributed by atoms with van der Waals surface area (Å²) in [6, 6.07) is 18.4. The molecule has 2 N–H and O–H groups in total. The second-order valence-electron chi connectivity index (χ2n) is 8.10. The number of nitrogens with one attached hydrogen (secondary N) is 2. The van der Waals surface area contributed by atoms with Gasteiger partial charge >= 0.3 is 0 Å². The number of hydrogen-bond acceptors (Lipinski definition) is 5. The number of anilines is 1. The molecular weight excluding hydrogens is 466 g/mol. The highest BCUT2D eigenvalue weighted by Gasteiger charge is 2.22. The number of carbonyl (C=O) groups is 1. The first-order chi connectivity index (χ1) is 16.9. The van der Waals surface area contributed by atoms with Crippen molar-refractivity contribution >= 4 is 34.4 Å². The van der Waals surface area contributed by atoms with E-state index in [0.29, 0.717) is 39.7 Å². The van der Waals surface area contributed by atoms with Gasteiger partial charge in [0.15, 0.2) is 5.65 Å². The largest absolute Gasteiger partial charge is 0.310 e. The number of aromatic amines is 1.